The Morgan fingerprint density at radius 2 is 1.07 bits per heavy atom. The number of ether oxygens (including phenoxy) is 4. The lowest BCUT2D eigenvalue weighted by Gasteiger charge is -2.62. The van der Waals surface area contributed by atoms with Gasteiger partial charge in [-0.05, 0) is 183 Å². The van der Waals surface area contributed by atoms with E-state index in [4.69, 9.17) is 18.9 Å². The fraction of sp³-hybridized carbons (Fsp3) is 0.923. The monoisotopic (exact) mass is 853 g/mol. The van der Waals surface area contributed by atoms with Crippen LogP contribution in [0.1, 0.15) is 170 Å². The molecule has 0 radical (unpaired) electrons. The molecule has 8 aliphatic carbocycles. The first-order chi connectivity index (χ1) is 28.9. The van der Waals surface area contributed by atoms with Crippen molar-refractivity contribution in [1.82, 2.24) is 0 Å². The van der Waals surface area contributed by atoms with Gasteiger partial charge in [-0.25, -0.2) is 0 Å². The lowest BCUT2D eigenvalue weighted by Crippen LogP contribution is -2.59. The third-order valence-corrected chi connectivity index (χ3v) is 21.0. The second kappa shape index (κ2) is 18.6. The molecule has 6 unspecified atom stereocenters. The molecule has 0 spiro atoms. The van der Waals surface area contributed by atoms with Gasteiger partial charge in [0, 0.05) is 45.6 Å². The molecule has 18 atom stereocenters. The number of rotatable bonds is 11. The fourth-order valence-corrected chi connectivity index (χ4v) is 17.6. The Labute approximate surface area is 368 Å². The molecule has 8 fully saturated rings. The number of carbonyl (C=O) groups excluding carboxylic acids is 4. The smallest absolute Gasteiger partial charge is 0.305 e. The zero-order valence-corrected chi connectivity index (χ0v) is 39.6. The highest BCUT2D eigenvalue weighted by Crippen LogP contribution is 2.70. The average molecular weight is 853 g/mol. The first kappa shape index (κ1) is 47.1. The number of methoxy groups -OCH3 is 3. The van der Waals surface area contributed by atoms with Crippen molar-refractivity contribution in [3.63, 3.8) is 0 Å². The van der Waals surface area contributed by atoms with Crippen molar-refractivity contribution in [1.29, 1.82) is 0 Å². The summed E-state index contributed by atoms with van der Waals surface area (Å²) in [6.45, 7) is 14.9. The minimum atomic E-state index is -0.252. The Morgan fingerprint density at radius 1 is 0.623 bits per heavy atom. The van der Waals surface area contributed by atoms with Crippen molar-refractivity contribution in [2.75, 3.05) is 28.1 Å². The highest BCUT2D eigenvalue weighted by molar-refractivity contribution is 5.80. The molecule has 8 saturated carbocycles. The largest absolute Gasteiger partial charge is 0.469 e. The van der Waals surface area contributed by atoms with Gasteiger partial charge in [0.05, 0.1) is 26.4 Å². The predicted octanol–water partition coefficient (Wildman–Crippen LogP) is 10.2. The van der Waals surface area contributed by atoms with Gasteiger partial charge in [0.1, 0.15) is 18.4 Å². The van der Waals surface area contributed by atoms with Gasteiger partial charge < -0.3 is 24.1 Å². The van der Waals surface area contributed by atoms with E-state index in [0.29, 0.717) is 114 Å². The number of hydrogen-bond acceptors (Lipinski definition) is 9. The molecule has 61 heavy (non-hydrogen) atoms. The highest BCUT2D eigenvalue weighted by Gasteiger charge is 2.65. The van der Waals surface area contributed by atoms with E-state index in [1.807, 2.05) is 0 Å². The summed E-state index contributed by atoms with van der Waals surface area (Å²) in [6.07, 6.45) is 19.5. The Balaban J connectivity index is 0.000000185. The topological polar surface area (TPSA) is 125 Å². The summed E-state index contributed by atoms with van der Waals surface area (Å²) in [6, 6.07) is 0. The van der Waals surface area contributed by atoms with Gasteiger partial charge in [-0.1, -0.05) is 41.5 Å². The van der Waals surface area contributed by atoms with Crippen LogP contribution in [0.5, 0.6) is 0 Å². The number of aliphatic hydroxyl groups excluding tert-OH is 1. The molecule has 0 amide bonds. The number of esters is 2. The lowest BCUT2D eigenvalue weighted by atomic mass is 9.43. The van der Waals surface area contributed by atoms with Crippen LogP contribution in [0.4, 0.5) is 0 Å². The van der Waals surface area contributed by atoms with Gasteiger partial charge in [-0.15, -0.1) is 0 Å². The summed E-state index contributed by atoms with van der Waals surface area (Å²) in [5.41, 5.74) is 1.07. The van der Waals surface area contributed by atoms with Crippen molar-refractivity contribution < 1.29 is 43.2 Å². The number of fused-ring (bicyclic) bond motifs is 10. The van der Waals surface area contributed by atoms with E-state index in [2.05, 4.69) is 41.5 Å². The molecule has 0 aromatic rings. The molecule has 0 aliphatic heterocycles. The number of carbonyl (C=O) groups is 4. The number of ketones is 2. The van der Waals surface area contributed by atoms with Crippen molar-refractivity contribution >= 4 is 23.5 Å². The maximum atomic E-state index is 12.3. The van der Waals surface area contributed by atoms with E-state index < -0.39 is 0 Å². The van der Waals surface area contributed by atoms with Gasteiger partial charge >= 0.3 is 11.9 Å². The molecule has 8 aliphatic rings. The van der Waals surface area contributed by atoms with Crippen LogP contribution in [0.25, 0.3) is 0 Å². The van der Waals surface area contributed by atoms with E-state index in [9.17, 15) is 24.3 Å². The molecule has 0 saturated heterocycles. The molecule has 1 N–H and O–H groups in total. The van der Waals surface area contributed by atoms with E-state index in [1.165, 1.54) is 65.6 Å². The SMILES string of the molecule is COC(=O)CC[C@@H](C)[C@H]1CCC2C3C(CC[C@@]21C)[C@@]1(C)CCC(=O)C[C@H]1C[C@H]3O.COCO[C@@H]1C[C@@H]2CC(=O)CC[C@]2(C)C2CC[C@@]3(C)C(CC[C@@H]3[C@H](C)CCC(=O)OC)C21. The first-order valence-electron chi connectivity index (χ1n) is 24.9. The molecule has 9 heteroatoms. The first-order valence-corrected chi connectivity index (χ1v) is 24.9. The second-order valence-electron chi connectivity index (χ2n) is 23.3. The molecule has 346 valence electrons. The van der Waals surface area contributed by atoms with E-state index >= 15 is 0 Å². The van der Waals surface area contributed by atoms with Gasteiger partial charge in [0.2, 0.25) is 0 Å². The summed E-state index contributed by atoms with van der Waals surface area (Å²) >= 11 is 0. The van der Waals surface area contributed by atoms with Crippen LogP contribution in [-0.2, 0) is 38.1 Å². The zero-order chi connectivity index (χ0) is 44.1. The standard InChI is InChI=1S/C27H44O5.C25H40O4/c1-17(6-9-24(29)31-5)20-7-8-21-25-22(11-13-27(20,21)3)26(2)12-10-19(28)14-18(26)15-23(25)32-16-30-4;1-15(5-8-22(28)29-4)18-6-7-19-23-20(10-12-25(18,19)3)24(2)11-9-17(26)13-16(24)14-21(23)27/h17-18,20-23,25H,6-16H2,1-5H3;15-16,18-21,23,27H,5-14H2,1-4H3/t17-,18+,20-,21?,22?,23-,25?,26+,27-;15-,16+,18-,19?,20?,21-,23?,24+,25-/m11/s1. The number of Topliss-reactive ketones (excluding diaryl/α,β-unsaturated/α-hetero) is 2. The predicted molar refractivity (Wildman–Crippen MR) is 235 cm³/mol. The normalized spacial score (nSPS) is 45.9. The Morgan fingerprint density at radius 3 is 1.54 bits per heavy atom. The minimum Gasteiger partial charge on any atom is -0.469 e. The number of hydrogen-bond donors (Lipinski definition) is 1. The zero-order valence-electron chi connectivity index (χ0n) is 39.6. The van der Waals surface area contributed by atoms with Crippen molar-refractivity contribution in [3.8, 4) is 0 Å². The van der Waals surface area contributed by atoms with Gasteiger partial charge in [-0.2, -0.15) is 0 Å². The molecule has 0 aromatic heterocycles. The molecular weight excluding hydrogens is 769 g/mol. The molecule has 0 bridgehead atoms. The van der Waals surface area contributed by atoms with Crippen LogP contribution in [-0.4, -0.2) is 68.9 Å². The van der Waals surface area contributed by atoms with E-state index in [0.717, 1.165) is 57.8 Å². The molecule has 0 aromatic carbocycles. The summed E-state index contributed by atoms with van der Waals surface area (Å²) in [7, 11) is 4.66. The van der Waals surface area contributed by atoms with Crippen molar-refractivity contribution in [3.05, 3.63) is 0 Å². The molecule has 0 heterocycles. The number of aliphatic hydroxyl groups is 1. The minimum absolute atomic E-state index is 0.0913. The van der Waals surface area contributed by atoms with Crippen LogP contribution >= 0.6 is 0 Å². The highest BCUT2D eigenvalue weighted by atomic mass is 16.7. The third kappa shape index (κ3) is 8.59. The van der Waals surface area contributed by atoms with Crippen LogP contribution in [0, 0.1) is 92.7 Å². The summed E-state index contributed by atoms with van der Waals surface area (Å²) in [4.78, 5) is 47.8. The summed E-state index contributed by atoms with van der Waals surface area (Å²) in [5.74, 6) is 7.17. The maximum absolute atomic E-state index is 12.3. The van der Waals surface area contributed by atoms with Crippen molar-refractivity contribution in [2.24, 2.45) is 92.7 Å². The molecular formula is C52H84O9. The van der Waals surface area contributed by atoms with E-state index in [1.54, 1.807) is 7.11 Å². The Bertz CT molecular complexity index is 1600. The maximum Gasteiger partial charge on any atom is 0.305 e. The van der Waals surface area contributed by atoms with Crippen LogP contribution in [0.15, 0.2) is 0 Å². The Kier molecular flexibility index (Phi) is 14.3. The van der Waals surface area contributed by atoms with E-state index in [-0.39, 0.29) is 40.4 Å². The van der Waals surface area contributed by atoms with Gasteiger partial charge in [0.15, 0.2) is 0 Å². The van der Waals surface area contributed by atoms with Crippen LogP contribution in [0.2, 0.25) is 0 Å². The summed E-state index contributed by atoms with van der Waals surface area (Å²) in [5, 5.41) is 11.3. The van der Waals surface area contributed by atoms with Crippen molar-refractivity contribution in [2.45, 2.75) is 182 Å². The summed E-state index contributed by atoms with van der Waals surface area (Å²) < 4.78 is 21.5. The Hall–Kier alpha value is -1.84. The quantitative estimate of drug-likeness (QED) is 0.160. The lowest BCUT2D eigenvalue weighted by molar-refractivity contribution is -0.201. The molecule has 9 nitrogen and oxygen atoms in total. The van der Waals surface area contributed by atoms with Crippen LogP contribution < -0.4 is 0 Å². The van der Waals surface area contributed by atoms with Gasteiger partial charge in [-0.3, -0.25) is 19.2 Å². The fourth-order valence-electron chi connectivity index (χ4n) is 17.6. The van der Waals surface area contributed by atoms with Gasteiger partial charge in [0.25, 0.3) is 0 Å². The molecule has 8 rings (SSSR count). The second-order valence-corrected chi connectivity index (χ2v) is 23.3. The third-order valence-electron chi connectivity index (χ3n) is 21.0. The average Bonchev–Trinajstić information content (AvgIpc) is 3.78. The van der Waals surface area contributed by atoms with Crippen LogP contribution in [0.3, 0.4) is 0 Å².